The van der Waals surface area contributed by atoms with Crippen molar-refractivity contribution in [3.8, 4) is 0 Å². The van der Waals surface area contributed by atoms with Gasteiger partial charge in [-0.05, 0) is 30.5 Å². The molecule has 3 N–H and O–H groups in total. The number of nitrogens with one attached hydrogen (secondary N) is 1. The predicted octanol–water partition coefficient (Wildman–Crippen LogP) is 3.25. The number of carbonyl (C=O) groups is 1. The first-order valence-corrected chi connectivity index (χ1v) is 7.38. The molecule has 0 aliphatic heterocycles. The number of amides is 1. The van der Waals surface area contributed by atoms with Crippen LogP contribution in [-0.4, -0.2) is 5.91 Å². The maximum Gasteiger partial charge on any atom is 0.223 e. The Bertz CT molecular complexity index is 392. The van der Waals surface area contributed by atoms with Gasteiger partial charge in [0.25, 0.3) is 0 Å². The van der Waals surface area contributed by atoms with Crippen LogP contribution in [0.3, 0.4) is 0 Å². The molecule has 0 heterocycles. The first-order chi connectivity index (χ1) is 9.25. The Hall–Kier alpha value is -1.51. The lowest BCUT2D eigenvalue weighted by molar-refractivity contribution is -0.125. The van der Waals surface area contributed by atoms with Crippen LogP contribution in [-0.2, 0) is 11.3 Å². The fourth-order valence-electron chi connectivity index (χ4n) is 2.69. The molecule has 0 bridgehead atoms. The molecule has 0 aromatic heterocycles. The molecular weight excluding hydrogens is 236 g/mol. The zero-order valence-electron chi connectivity index (χ0n) is 11.5. The quantitative estimate of drug-likeness (QED) is 0.820. The topological polar surface area (TPSA) is 55.1 Å². The molecule has 0 atom stereocenters. The predicted molar refractivity (Wildman–Crippen MR) is 78.5 cm³/mol. The molecule has 3 heteroatoms. The number of hydrogen-bond acceptors (Lipinski definition) is 2. The lowest BCUT2D eigenvalue weighted by atomic mass is 9.90. The number of nitrogens with two attached hydrogens (primary N) is 1. The van der Waals surface area contributed by atoms with Gasteiger partial charge in [-0.1, -0.05) is 44.2 Å². The van der Waals surface area contributed by atoms with Crippen molar-refractivity contribution in [2.24, 2.45) is 5.92 Å². The molecule has 19 heavy (non-hydrogen) atoms. The molecule has 3 nitrogen and oxygen atoms in total. The molecular formula is C16H24N2O. The Balaban J connectivity index is 1.80. The van der Waals surface area contributed by atoms with Gasteiger partial charge in [-0.2, -0.15) is 0 Å². The third kappa shape index (κ3) is 4.58. The van der Waals surface area contributed by atoms with Crippen molar-refractivity contribution in [3.63, 3.8) is 0 Å². The maximum atomic E-state index is 12.2. The standard InChI is InChI=1S/C16H24N2O/c17-15-10-8-13(9-11-15)12-18-16(19)14-6-4-2-1-3-5-7-14/h8-11,14H,1-7,12,17H2,(H,18,19). The minimum Gasteiger partial charge on any atom is -0.399 e. The number of carbonyl (C=O) groups excluding carboxylic acids is 1. The highest BCUT2D eigenvalue weighted by Crippen LogP contribution is 2.22. The summed E-state index contributed by atoms with van der Waals surface area (Å²) < 4.78 is 0. The summed E-state index contributed by atoms with van der Waals surface area (Å²) in [5.41, 5.74) is 7.51. The molecule has 1 amide bonds. The van der Waals surface area contributed by atoms with Crippen molar-refractivity contribution in [2.75, 3.05) is 5.73 Å². The molecule has 0 spiro atoms. The van der Waals surface area contributed by atoms with Gasteiger partial charge in [0.2, 0.25) is 5.91 Å². The number of anilines is 1. The largest absolute Gasteiger partial charge is 0.399 e. The summed E-state index contributed by atoms with van der Waals surface area (Å²) in [5.74, 6) is 0.438. The van der Waals surface area contributed by atoms with E-state index in [-0.39, 0.29) is 11.8 Å². The number of benzene rings is 1. The third-order valence-corrected chi connectivity index (χ3v) is 3.92. The molecule has 1 saturated carbocycles. The Labute approximate surface area is 115 Å². The summed E-state index contributed by atoms with van der Waals surface area (Å²) in [7, 11) is 0. The summed E-state index contributed by atoms with van der Waals surface area (Å²) in [6, 6.07) is 7.68. The van der Waals surface area contributed by atoms with Crippen LogP contribution in [0.25, 0.3) is 0 Å². The first-order valence-electron chi connectivity index (χ1n) is 7.38. The highest BCUT2D eigenvalue weighted by Gasteiger charge is 2.18. The molecule has 1 fully saturated rings. The SMILES string of the molecule is Nc1ccc(CNC(=O)C2CCCCCCC2)cc1. The van der Waals surface area contributed by atoms with E-state index in [9.17, 15) is 4.79 Å². The van der Waals surface area contributed by atoms with Crippen molar-refractivity contribution >= 4 is 11.6 Å². The van der Waals surface area contributed by atoms with Crippen molar-refractivity contribution in [1.29, 1.82) is 0 Å². The average molecular weight is 260 g/mol. The third-order valence-electron chi connectivity index (χ3n) is 3.92. The first kappa shape index (κ1) is 13.9. The summed E-state index contributed by atoms with van der Waals surface area (Å²) in [4.78, 5) is 12.2. The van der Waals surface area contributed by atoms with Crippen molar-refractivity contribution in [3.05, 3.63) is 29.8 Å². The van der Waals surface area contributed by atoms with E-state index in [0.29, 0.717) is 6.54 Å². The average Bonchev–Trinajstić information content (AvgIpc) is 2.37. The fourth-order valence-corrected chi connectivity index (χ4v) is 2.69. The minimum atomic E-state index is 0.217. The van der Waals surface area contributed by atoms with Crippen molar-refractivity contribution < 1.29 is 4.79 Å². The van der Waals surface area contributed by atoms with Gasteiger partial charge in [0.15, 0.2) is 0 Å². The number of hydrogen-bond donors (Lipinski definition) is 2. The van der Waals surface area contributed by atoms with Gasteiger partial charge in [-0.3, -0.25) is 4.79 Å². The highest BCUT2D eigenvalue weighted by molar-refractivity contribution is 5.78. The van der Waals surface area contributed by atoms with Crippen molar-refractivity contribution in [1.82, 2.24) is 5.32 Å². The smallest absolute Gasteiger partial charge is 0.223 e. The van der Waals surface area contributed by atoms with E-state index in [1.54, 1.807) is 0 Å². The summed E-state index contributed by atoms with van der Waals surface area (Å²) in [5, 5.41) is 3.06. The normalized spacial score (nSPS) is 17.5. The van der Waals surface area contributed by atoms with Gasteiger partial charge in [-0.15, -0.1) is 0 Å². The van der Waals surface area contributed by atoms with Crippen LogP contribution in [0.1, 0.15) is 50.5 Å². The van der Waals surface area contributed by atoms with Crippen LogP contribution in [0, 0.1) is 5.92 Å². The van der Waals surface area contributed by atoms with E-state index >= 15 is 0 Å². The van der Waals surface area contributed by atoms with E-state index < -0.39 is 0 Å². The molecule has 0 radical (unpaired) electrons. The monoisotopic (exact) mass is 260 g/mol. The molecule has 1 aromatic rings. The molecule has 1 aliphatic carbocycles. The second kappa shape index (κ2) is 7.17. The minimum absolute atomic E-state index is 0.217. The number of nitrogen functional groups attached to an aromatic ring is 1. The zero-order chi connectivity index (χ0) is 13.5. The summed E-state index contributed by atoms with van der Waals surface area (Å²) >= 11 is 0. The summed E-state index contributed by atoms with van der Waals surface area (Å²) in [6.45, 7) is 0.607. The van der Waals surface area contributed by atoms with Crippen LogP contribution in [0.5, 0.6) is 0 Å². The second-order valence-electron chi connectivity index (χ2n) is 5.50. The Morgan fingerprint density at radius 3 is 2.26 bits per heavy atom. The lowest BCUT2D eigenvalue weighted by Gasteiger charge is -2.19. The highest BCUT2D eigenvalue weighted by atomic mass is 16.1. The van der Waals surface area contributed by atoms with Crippen LogP contribution in [0.2, 0.25) is 0 Å². The Morgan fingerprint density at radius 1 is 1.05 bits per heavy atom. The van der Waals surface area contributed by atoms with Gasteiger partial charge in [0.1, 0.15) is 0 Å². The zero-order valence-corrected chi connectivity index (χ0v) is 11.5. The van der Waals surface area contributed by atoms with Gasteiger partial charge in [0, 0.05) is 18.2 Å². The Kier molecular flexibility index (Phi) is 5.25. The van der Waals surface area contributed by atoms with E-state index in [1.165, 1.54) is 32.1 Å². The van der Waals surface area contributed by atoms with Crippen LogP contribution in [0.15, 0.2) is 24.3 Å². The Morgan fingerprint density at radius 2 is 1.63 bits per heavy atom. The molecule has 0 saturated heterocycles. The van der Waals surface area contributed by atoms with Gasteiger partial charge in [-0.25, -0.2) is 0 Å². The van der Waals surface area contributed by atoms with Crippen LogP contribution < -0.4 is 11.1 Å². The van der Waals surface area contributed by atoms with Crippen molar-refractivity contribution in [2.45, 2.75) is 51.5 Å². The molecule has 0 unspecified atom stereocenters. The van der Waals surface area contributed by atoms with Crippen LogP contribution in [0.4, 0.5) is 5.69 Å². The van der Waals surface area contributed by atoms with E-state index in [0.717, 1.165) is 24.1 Å². The molecule has 1 aliphatic rings. The summed E-state index contributed by atoms with van der Waals surface area (Å²) in [6.07, 6.45) is 8.38. The van der Waals surface area contributed by atoms with Gasteiger partial charge >= 0.3 is 0 Å². The van der Waals surface area contributed by atoms with E-state index in [4.69, 9.17) is 5.73 Å². The van der Waals surface area contributed by atoms with Gasteiger partial charge < -0.3 is 11.1 Å². The van der Waals surface area contributed by atoms with E-state index in [2.05, 4.69) is 5.32 Å². The fraction of sp³-hybridized carbons (Fsp3) is 0.562. The molecule has 104 valence electrons. The second-order valence-corrected chi connectivity index (χ2v) is 5.50. The maximum absolute atomic E-state index is 12.2. The van der Waals surface area contributed by atoms with Gasteiger partial charge in [0.05, 0.1) is 0 Å². The van der Waals surface area contributed by atoms with E-state index in [1.807, 2.05) is 24.3 Å². The van der Waals surface area contributed by atoms with Crippen LogP contribution >= 0.6 is 0 Å². The lowest BCUT2D eigenvalue weighted by Crippen LogP contribution is -2.30. The number of rotatable bonds is 3. The molecule has 2 rings (SSSR count). The molecule has 1 aromatic carbocycles.